The lowest BCUT2D eigenvalue weighted by Gasteiger charge is -2.25. The summed E-state index contributed by atoms with van der Waals surface area (Å²) in [6, 6.07) is 0. The normalized spacial score (nSPS) is 34.2. The highest BCUT2D eigenvalue weighted by molar-refractivity contribution is 7.99. The first-order valence-electron chi connectivity index (χ1n) is 3.59. The summed E-state index contributed by atoms with van der Waals surface area (Å²) >= 11 is 3.92. The molecule has 58 valence electrons. The van der Waals surface area contributed by atoms with Crippen LogP contribution in [-0.4, -0.2) is 23.0 Å². The monoisotopic (exact) mass is 174 g/mol. The van der Waals surface area contributed by atoms with E-state index in [4.69, 9.17) is 0 Å². The van der Waals surface area contributed by atoms with E-state index in [1.807, 2.05) is 23.5 Å². The second kappa shape index (κ2) is 4.55. The zero-order valence-corrected chi connectivity index (χ0v) is 8.17. The van der Waals surface area contributed by atoms with Crippen LogP contribution in [0.2, 0.25) is 0 Å². The Morgan fingerprint density at radius 1 is 1.00 bits per heavy atom. The molecule has 10 heavy (non-hydrogen) atoms. The number of rotatable bonds is 2. The molecule has 0 N–H and O–H groups in total. The van der Waals surface area contributed by atoms with Crippen LogP contribution in [0.5, 0.6) is 0 Å². The molecule has 2 radical (unpaired) electrons. The third kappa shape index (κ3) is 2.39. The van der Waals surface area contributed by atoms with Crippen molar-refractivity contribution in [1.82, 2.24) is 0 Å². The SMILES string of the molecule is CSC1[CH]CC(SC)[CH]C1. The Bertz CT molecular complexity index is 73.3. The minimum Gasteiger partial charge on any atom is -0.162 e. The van der Waals surface area contributed by atoms with E-state index >= 15 is 0 Å². The van der Waals surface area contributed by atoms with Crippen LogP contribution in [0.1, 0.15) is 12.8 Å². The minimum absolute atomic E-state index is 0.795. The van der Waals surface area contributed by atoms with Gasteiger partial charge in [-0.2, -0.15) is 23.5 Å². The van der Waals surface area contributed by atoms with Gasteiger partial charge in [0.25, 0.3) is 0 Å². The van der Waals surface area contributed by atoms with E-state index in [1.54, 1.807) is 0 Å². The summed E-state index contributed by atoms with van der Waals surface area (Å²) < 4.78 is 0. The standard InChI is InChI=1S/C8H14S2/c1-9-7-3-5-8(10-2)6-4-7/h3,6-8H,4-5H2,1-2H3. The van der Waals surface area contributed by atoms with Crippen molar-refractivity contribution in [3.63, 3.8) is 0 Å². The molecule has 0 heterocycles. The Morgan fingerprint density at radius 2 is 1.40 bits per heavy atom. The topological polar surface area (TPSA) is 0 Å². The van der Waals surface area contributed by atoms with E-state index in [1.165, 1.54) is 12.8 Å². The van der Waals surface area contributed by atoms with Gasteiger partial charge in [-0.05, 0) is 38.2 Å². The van der Waals surface area contributed by atoms with Gasteiger partial charge in [0.05, 0.1) is 0 Å². The zero-order chi connectivity index (χ0) is 7.40. The molecule has 0 aromatic rings. The van der Waals surface area contributed by atoms with Crippen molar-refractivity contribution in [1.29, 1.82) is 0 Å². The van der Waals surface area contributed by atoms with Crippen LogP contribution in [0, 0.1) is 12.8 Å². The molecule has 0 aromatic carbocycles. The van der Waals surface area contributed by atoms with Crippen LogP contribution >= 0.6 is 23.5 Å². The molecule has 0 aliphatic heterocycles. The van der Waals surface area contributed by atoms with Gasteiger partial charge in [-0.15, -0.1) is 0 Å². The second-order valence-electron chi connectivity index (χ2n) is 2.49. The van der Waals surface area contributed by atoms with Gasteiger partial charge in [0, 0.05) is 10.5 Å². The van der Waals surface area contributed by atoms with Crippen molar-refractivity contribution in [2.45, 2.75) is 23.3 Å². The van der Waals surface area contributed by atoms with Gasteiger partial charge in [-0.1, -0.05) is 0 Å². The summed E-state index contributed by atoms with van der Waals surface area (Å²) in [5.74, 6) is 0. The van der Waals surface area contributed by atoms with Crippen molar-refractivity contribution in [2.24, 2.45) is 0 Å². The van der Waals surface area contributed by atoms with Gasteiger partial charge in [-0.3, -0.25) is 0 Å². The quantitative estimate of drug-likeness (QED) is 0.631. The summed E-state index contributed by atoms with van der Waals surface area (Å²) in [5.41, 5.74) is 0. The van der Waals surface area contributed by atoms with Gasteiger partial charge in [0.15, 0.2) is 0 Å². The third-order valence-electron chi connectivity index (χ3n) is 1.87. The van der Waals surface area contributed by atoms with Crippen LogP contribution in [0.25, 0.3) is 0 Å². The molecular formula is C8H14S2. The molecule has 0 spiro atoms. The molecule has 0 nitrogen and oxygen atoms in total. The predicted molar refractivity (Wildman–Crippen MR) is 52.4 cm³/mol. The lowest BCUT2D eigenvalue weighted by molar-refractivity contribution is 0.740. The first kappa shape index (κ1) is 8.79. The first-order valence-corrected chi connectivity index (χ1v) is 6.16. The molecule has 2 unspecified atom stereocenters. The van der Waals surface area contributed by atoms with Gasteiger partial charge < -0.3 is 0 Å². The summed E-state index contributed by atoms with van der Waals surface area (Å²) in [7, 11) is 0. The van der Waals surface area contributed by atoms with Gasteiger partial charge in [0.1, 0.15) is 0 Å². The first-order chi connectivity index (χ1) is 4.86. The molecule has 0 bridgehead atoms. The van der Waals surface area contributed by atoms with Crippen LogP contribution in [0.15, 0.2) is 0 Å². The molecule has 1 saturated carbocycles. The maximum Gasteiger partial charge on any atom is 0.00791 e. The molecule has 1 rings (SSSR count). The maximum atomic E-state index is 2.45. The van der Waals surface area contributed by atoms with Gasteiger partial charge in [0.2, 0.25) is 0 Å². The van der Waals surface area contributed by atoms with Crippen LogP contribution < -0.4 is 0 Å². The lowest BCUT2D eigenvalue weighted by Crippen LogP contribution is -2.18. The van der Waals surface area contributed by atoms with E-state index in [-0.39, 0.29) is 0 Å². The van der Waals surface area contributed by atoms with Crippen LogP contribution in [0.4, 0.5) is 0 Å². The molecule has 0 amide bonds. The Hall–Kier alpha value is 0.700. The molecule has 1 aliphatic carbocycles. The van der Waals surface area contributed by atoms with Crippen molar-refractivity contribution in [3.05, 3.63) is 12.8 Å². The molecule has 2 atom stereocenters. The summed E-state index contributed by atoms with van der Waals surface area (Å²) in [5, 5.41) is 1.59. The largest absolute Gasteiger partial charge is 0.162 e. The zero-order valence-electron chi connectivity index (χ0n) is 6.54. The average Bonchev–Trinajstić information content (AvgIpc) is 2.05. The number of hydrogen-bond donors (Lipinski definition) is 0. The van der Waals surface area contributed by atoms with E-state index in [2.05, 4.69) is 25.4 Å². The fraction of sp³-hybridized carbons (Fsp3) is 0.750. The van der Waals surface area contributed by atoms with Gasteiger partial charge in [-0.25, -0.2) is 0 Å². The Labute approximate surface area is 72.5 Å². The average molecular weight is 174 g/mol. The number of thioether (sulfide) groups is 2. The molecule has 0 saturated heterocycles. The minimum atomic E-state index is 0.795. The third-order valence-corrected chi connectivity index (χ3v) is 3.85. The Balaban J connectivity index is 2.17. The number of hydrogen-bond acceptors (Lipinski definition) is 2. The Morgan fingerprint density at radius 3 is 1.60 bits per heavy atom. The highest BCUT2D eigenvalue weighted by Crippen LogP contribution is 2.30. The van der Waals surface area contributed by atoms with Gasteiger partial charge >= 0.3 is 0 Å². The fourth-order valence-electron chi connectivity index (χ4n) is 1.15. The van der Waals surface area contributed by atoms with Crippen molar-refractivity contribution < 1.29 is 0 Å². The van der Waals surface area contributed by atoms with Crippen molar-refractivity contribution in [3.8, 4) is 0 Å². The van der Waals surface area contributed by atoms with Crippen molar-refractivity contribution in [2.75, 3.05) is 12.5 Å². The summed E-state index contributed by atoms with van der Waals surface area (Å²) in [6.07, 6.45) is 11.8. The Kier molecular flexibility index (Phi) is 4.00. The van der Waals surface area contributed by atoms with E-state index in [0.29, 0.717) is 0 Å². The highest BCUT2D eigenvalue weighted by atomic mass is 32.2. The summed E-state index contributed by atoms with van der Waals surface area (Å²) in [4.78, 5) is 0. The maximum absolute atomic E-state index is 2.45. The molecule has 1 aliphatic rings. The second-order valence-corrected chi connectivity index (χ2v) is 4.64. The molecule has 1 fully saturated rings. The van der Waals surface area contributed by atoms with E-state index < -0.39 is 0 Å². The smallest absolute Gasteiger partial charge is 0.00791 e. The highest BCUT2D eigenvalue weighted by Gasteiger charge is 2.19. The molecule has 2 heteroatoms. The van der Waals surface area contributed by atoms with Crippen LogP contribution in [0.3, 0.4) is 0 Å². The predicted octanol–water partition coefficient (Wildman–Crippen LogP) is 2.65. The fourth-order valence-corrected chi connectivity index (χ4v) is 2.36. The van der Waals surface area contributed by atoms with E-state index in [9.17, 15) is 0 Å². The lowest BCUT2D eigenvalue weighted by atomic mass is 10.00. The summed E-state index contributed by atoms with van der Waals surface area (Å²) in [6.45, 7) is 0. The molecule has 0 aromatic heterocycles. The van der Waals surface area contributed by atoms with Crippen molar-refractivity contribution >= 4 is 23.5 Å². The molecular weight excluding hydrogens is 160 g/mol. The van der Waals surface area contributed by atoms with Crippen LogP contribution in [-0.2, 0) is 0 Å². The van der Waals surface area contributed by atoms with E-state index in [0.717, 1.165) is 10.5 Å².